The minimum atomic E-state index is 0.629. The van der Waals surface area contributed by atoms with Crippen molar-refractivity contribution in [1.29, 1.82) is 0 Å². The Morgan fingerprint density at radius 1 is 1.36 bits per heavy atom. The summed E-state index contributed by atoms with van der Waals surface area (Å²) in [7, 11) is 1.98. The summed E-state index contributed by atoms with van der Waals surface area (Å²) in [6, 6.07) is 0. The van der Waals surface area contributed by atoms with Gasteiger partial charge in [-0.15, -0.1) is 12.8 Å². The first-order chi connectivity index (χ1) is 5.31. The lowest BCUT2D eigenvalue weighted by Gasteiger charge is -2.12. The van der Waals surface area contributed by atoms with Gasteiger partial charge in [0.05, 0.1) is 13.1 Å². The molecular weight excluding hydrogens is 136 g/mol. The van der Waals surface area contributed by atoms with Gasteiger partial charge in [-0.1, -0.05) is 11.8 Å². The first-order valence-corrected chi connectivity index (χ1v) is 3.57. The van der Waals surface area contributed by atoms with E-state index in [4.69, 9.17) is 12.8 Å². The number of nitrogens with one attached hydrogen (secondary N) is 1. The standard InChI is InChI=1S/C9H14N2/c1-4-6-10-7-9-11(3)8-5-2/h1-2,10H,6-9H2,3H3. The van der Waals surface area contributed by atoms with E-state index in [-0.39, 0.29) is 0 Å². The Balaban J connectivity index is 3.13. The van der Waals surface area contributed by atoms with Crippen molar-refractivity contribution in [1.82, 2.24) is 10.2 Å². The van der Waals surface area contributed by atoms with E-state index in [9.17, 15) is 0 Å². The molecule has 0 aliphatic rings. The van der Waals surface area contributed by atoms with Gasteiger partial charge in [0.15, 0.2) is 0 Å². The van der Waals surface area contributed by atoms with Crippen LogP contribution in [0.5, 0.6) is 0 Å². The maximum Gasteiger partial charge on any atom is 0.0596 e. The van der Waals surface area contributed by atoms with Crippen LogP contribution in [-0.2, 0) is 0 Å². The number of nitrogens with zero attached hydrogens (tertiary/aromatic N) is 1. The molecule has 0 rings (SSSR count). The third-order valence-electron chi connectivity index (χ3n) is 1.26. The molecule has 0 radical (unpaired) electrons. The van der Waals surface area contributed by atoms with Gasteiger partial charge in [-0.3, -0.25) is 4.90 Å². The zero-order chi connectivity index (χ0) is 8.53. The molecular formula is C9H14N2. The topological polar surface area (TPSA) is 15.3 Å². The lowest BCUT2D eigenvalue weighted by atomic mass is 10.5. The van der Waals surface area contributed by atoms with Crippen LogP contribution >= 0.6 is 0 Å². The Morgan fingerprint density at radius 2 is 2.09 bits per heavy atom. The monoisotopic (exact) mass is 150 g/mol. The van der Waals surface area contributed by atoms with Gasteiger partial charge in [0.25, 0.3) is 0 Å². The minimum absolute atomic E-state index is 0.629. The lowest BCUT2D eigenvalue weighted by Crippen LogP contribution is -2.29. The molecule has 0 saturated heterocycles. The second-order valence-electron chi connectivity index (χ2n) is 2.32. The van der Waals surface area contributed by atoms with Crippen molar-refractivity contribution in [2.75, 3.05) is 33.2 Å². The molecule has 0 saturated carbocycles. The molecule has 0 heterocycles. The number of terminal acetylenes is 2. The van der Waals surface area contributed by atoms with E-state index in [1.165, 1.54) is 0 Å². The summed E-state index contributed by atoms with van der Waals surface area (Å²) in [5.41, 5.74) is 0. The molecule has 0 bridgehead atoms. The van der Waals surface area contributed by atoms with E-state index in [1.54, 1.807) is 0 Å². The molecule has 11 heavy (non-hydrogen) atoms. The van der Waals surface area contributed by atoms with Gasteiger partial charge in [-0.2, -0.15) is 0 Å². The second-order valence-corrected chi connectivity index (χ2v) is 2.32. The lowest BCUT2D eigenvalue weighted by molar-refractivity contribution is 0.374. The molecule has 0 amide bonds. The van der Waals surface area contributed by atoms with Gasteiger partial charge >= 0.3 is 0 Å². The van der Waals surface area contributed by atoms with Crippen molar-refractivity contribution in [3.8, 4) is 24.7 Å². The second kappa shape index (κ2) is 7.15. The van der Waals surface area contributed by atoms with Crippen molar-refractivity contribution < 1.29 is 0 Å². The normalized spacial score (nSPS) is 9.09. The molecule has 0 aromatic heterocycles. The zero-order valence-electron chi connectivity index (χ0n) is 6.93. The van der Waals surface area contributed by atoms with Gasteiger partial charge in [0.2, 0.25) is 0 Å². The largest absolute Gasteiger partial charge is 0.305 e. The van der Waals surface area contributed by atoms with E-state index < -0.39 is 0 Å². The average molecular weight is 150 g/mol. The van der Waals surface area contributed by atoms with Crippen molar-refractivity contribution in [2.45, 2.75) is 0 Å². The SMILES string of the molecule is C#CCNCCN(C)CC#C. The number of likely N-dealkylation sites (N-methyl/N-ethyl adjacent to an activating group) is 1. The molecule has 60 valence electrons. The highest BCUT2D eigenvalue weighted by Crippen LogP contribution is 1.76. The zero-order valence-corrected chi connectivity index (χ0v) is 6.93. The van der Waals surface area contributed by atoms with Gasteiger partial charge < -0.3 is 5.32 Å². The molecule has 0 aromatic rings. The number of hydrogen-bond acceptors (Lipinski definition) is 2. The summed E-state index contributed by atoms with van der Waals surface area (Å²) in [4.78, 5) is 2.06. The van der Waals surface area contributed by atoms with Crippen LogP contribution in [-0.4, -0.2) is 38.1 Å². The first-order valence-electron chi connectivity index (χ1n) is 3.57. The van der Waals surface area contributed by atoms with Crippen LogP contribution in [0, 0.1) is 24.7 Å². The maximum atomic E-state index is 5.12. The third-order valence-corrected chi connectivity index (χ3v) is 1.26. The van der Waals surface area contributed by atoms with Crippen molar-refractivity contribution in [3.05, 3.63) is 0 Å². The van der Waals surface area contributed by atoms with Crippen molar-refractivity contribution in [2.24, 2.45) is 0 Å². The molecule has 0 aliphatic carbocycles. The summed E-state index contributed by atoms with van der Waals surface area (Å²) >= 11 is 0. The summed E-state index contributed by atoms with van der Waals surface area (Å²) in [5, 5.41) is 3.08. The van der Waals surface area contributed by atoms with Crippen LogP contribution in [0.4, 0.5) is 0 Å². The van der Waals surface area contributed by atoms with Crippen LogP contribution < -0.4 is 5.32 Å². The average Bonchev–Trinajstić information content (AvgIpc) is 1.99. The Morgan fingerprint density at radius 3 is 2.64 bits per heavy atom. The fourth-order valence-corrected chi connectivity index (χ4v) is 0.665. The van der Waals surface area contributed by atoms with Gasteiger partial charge in [0.1, 0.15) is 0 Å². The third kappa shape index (κ3) is 6.93. The van der Waals surface area contributed by atoms with Crippen LogP contribution in [0.3, 0.4) is 0 Å². The molecule has 1 N–H and O–H groups in total. The number of hydrogen-bond donors (Lipinski definition) is 1. The van der Waals surface area contributed by atoms with Crippen molar-refractivity contribution >= 4 is 0 Å². The van der Waals surface area contributed by atoms with E-state index in [0.29, 0.717) is 13.1 Å². The molecule has 0 aromatic carbocycles. The quantitative estimate of drug-likeness (QED) is 0.430. The van der Waals surface area contributed by atoms with E-state index in [1.807, 2.05) is 7.05 Å². The Bertz CT molecular complexity index is 161. The molecule has 0 fully saturated rings. The van der Waals surface area contributed by atoms with E-state index in [0.717, 1.165) is 13.1 Å². The van der Waals surface area contributed by atoms with Gasteiger partial charge in [0, 0.05) is 13.1 Å². The molecule has 0 aliphatic heterocycles. The van der Waals surface area contributed by atoms with Crippen LogP contribution in [0.2, 0.25) is 0 Å². The first kappa shape index (κ1) is 10.0. The van der Waals surface area contributed by atoms with Gasteiger partial charge in [-0.05, 0) is 7.05 Å². The maximum absolute atomic E-state index is 5.12. The fraction of sp³-hybridized carbons (Fsp3) is 0.556. The molecule has 0 unspecified atom stereocenters. The van der Waals surface area contributed by atoms with Crippen LogP contribution in [0.1, 0.15) is 0 Å². The van der Waals surface area contributed by atoms with E-state index >= 15 is 0 Å². The summed E-state index contributed by atoms with van der Waals surface area (Å²) in [6.45, 7) is 3.15. The van der Waals surface area contributed by atoms with Crippen LogP contribution in [0.15, 0.2) is 0 Å². The highest BCUT2D eigenvalue weighted by atomic mass is 15.1. The van der Waals surface area contributed by atoms with Gasteiger partial charge in [-0.25, -0.2) is 0 Å². The summed E-state index contributed by atoms with van der Waals surface area (Å²) in [6.07, 6.45) is 10.2. The highest BCUT2D eigenvalue weighted by molar-refractivity contribution is 4.88. The smallest absolute Gasteiger partial charge is 0.0596 e. The predicted molar refractivity (Wildman–Crippen MR) is 48.0 cm³/mol. The van der Waals surface area contributed by atoms with E-state index in [2.05, 4.69) is 22.1 Å². The Labute approximate surface area is 69.0 Å². The summed E-state index contributed by atoms with van der Waals surface area (Å²) < 4.78 is 0. The molecule has 0 atom stereocenters. The summed E-state index contributed by atoms with van der Waals surface area (Å²) in [5.74, 6) is 5.07. The highest BCUT2D eigenvalue weighted by Gasteiger charge is 1.92. The molecule has 0 spiro atoms. The fourth-order valence-electron chi connectivity index (χ4n) is 0.665. The molecule has 2 heteroatoms. The van der Waals surface area contributed by atoms with Crippen LogP contribution in [0.25, 0.3) is 0 Å². The minimum Gasteiger partial charge on any atom is -0.305 e. The van der Waals surface area contributed by atoms with Crippen molar-refractivity contribution in [3.63, 3.8) is 0 Å². The Kier molecular flexibility index (Phi) is 6.53. The molecule has 2 nitrogen and oxygen atoms in total. The number of rotatable bonds is 5. The predicted octanol–water partition coefficient (Wildman–Crippen LogP) is -0.226. The Hall–Kier alpha value is -0.960.